The van der Waals surface area contributed by atoms with Gasteiger partial charge in [-0.2, -0.15) is 0 Å². The third kappa shape index (κ3) is 8.02. The molecule has 204 valence electrons. The normalized spacial score (nSPS) is 19.4. The highest BCUT2D eigenvalue weighted by molar-refractivity contribution is 14.1. The van der Waals surface area contributed by atoms with Crippen LogP contribution < -0.4 is 9.47 Å². The van der Waals surface area contributed by atoms with Crippen LogP contribution in [0.15, 0.2) is 24.3 Å². The van der Waals surface area contributed by atoms with Gasteiger partial charge in [-0.15, -0.1) is 0 Å². The van der Waals surface area contributed by atoms with Gasteiger partial charge < -0.3 is 9.47 Å². The summed E-state index contributed by atoms with van der Waals surface area (Å²) in [4.78, 5) is 0. The zero-order valence-corrected chi connectivity index (χ0v) is 30.5. The quantitative estimate of drug-likeness (QED) is 0.140. The highest BCUT2D eigenvalue weighted by Gasteiger charge is 2.39. The number of hydrogen-bond donors (Lipinski definition) is 0. The van der Waals surface area contributed by atoms with E-state index in [2.05, 4.69) is 128 Å². The lowest BCUT2D eigenvalue weighted by Gasteiger charge is -2.39. The molecule has 2 aliphatic rings. The lowest BCUT2D eigenvalue weighted by Crippen LogP contribution is -2.31. The second-order valence-corrected chi connectivity index (χ2v) is 14.8. The van der Waals surface area contributed by atoms with Crippen molar-refractivity contribution in [3.63, 3.8) is 0 Å². The molecule has 7 heteroatoms. The maximum absolute atomic E-state index is 6.55. The molecule has 0 saturated heterocycles. The molecule has 2 bridgehead atoms. The maximum Gasteiger partial charge on any atom is 0.233 e. The molecule has 4 rings (SSSR count). The van der Waals surface area contributed by atoms with Crippen LogP contribution in [0.1, 0.15) is 84.5 Å². The van der Waals surface area contributed by atoms with Gasteiger partial charge in [-0.25, -0.2) is 0 Å². The molecule has 0 aromatic heterocycles. The van der Waals surface area contributed by atoms with Crippen molar-refractivity contribution in [2.24, 2.45) is 11.8 Å². The minimum Gasteiger partial charge on any atom is -0.459 e. The number of hydrogen-bond acceptors (Lipinski definition) is 3. The highest BCUT2D eigenvalue weighted by Crippen LogP contribution is 2.50. The molecule has 0 N–H and O–H groups in total. The van der Waals surface area contributed by atoms with E-state index in [0.29, 0.717) is 0 Å². The van der Waals surface area contributed by atoms with Gasteiger partial charge in [-0.1, -0.05) is 102 Å². The molecule has 37 heavy (non-hydrogen) atoms. The predicted octanol–water partition coefficient (Wildman–Crippen LogP) is 10.2. The summed E-state index contributed by atoms with van der Waals surface area (Å²) in [5, 5.41) is 0. The minimum absolute atomic E-state index is 0.405. The Morgan fingerprint density at radius 1 is 0.622 bits per heavy atom. The van der Waals surface area contributed by atoms with Crippen LogP contribution in [-0.2, 0) is 17.6 Å². The van der Waals surface area contributed by atoms with Crippen LogP contribution in [0.2, 0.25) is 0 Å². The molecule has 0 spiro atoms. The van der Waals surface area contributed by atoms with Crippen LogP contribution in [0.25, 0.3) is 0 Å². The van der Waals surface area contributed by atoms with Gasteiger partial charge in [0.05, 0.1) is 11.1 Å². The van der Waals surface area contributed by atoms with Crippen LogP contribution >= 0.6 is 90.4 Å². The summed E-state index contributed by atoms with van der Waals surface area (Å²) < 4.78 is 24.4. The van der Waals surface area contributed by atoms with Crippen molar-refractivity contribution in [1.82, 2.24) is 0 Å². The number of ether oxygens (including phenoxy) is 3. The molecule has 0 fully saturated rings. The number of rotatable bonds is 14. The molecule has 2 aromatic rings. The predicted molar refractivity (Wildman–Crippen MR) is 188 cm³/mol. The van der Waals surface area contributed by atoms with Crippen molar-refractivity contribution in [3.8, 4) is 11.5 Å². The van der Waals surface area contributed by atoms with Crippen molar-refractivity contribution in [2.45, 2.75) is 77.8 Å². The molecular weight excluding hydrogens is 916 g/mol. The lowest BCUT2D eigenvalue weighted by molar-refractivity contribution is -0.228. The highest BCUT2D eigenvalue weighted by atomic mass is 127. The molecule has 0 saturated carbocycles. The molecule has 0 amide bonds. The van der Waals surface area contributed by atoms with Crippen LogP contribution in [0.4, 0.5) is 0 Å². The zero-order chi connectivity index (χ0) is 26.4. The van der Waals surface area contributed by atoms with Gasteiger partial charge >= 0.3 is 0 Å². The standard InChI is InChI=1S/C30H38I4O3/c1-19-13-23(15-21(7-11-33)5-3-9-31)17-25-27(19)35-30-26-18-24(16-22(8-12-34)6-4-10-32)14-20(2)28(26)36-29(25)37-30/h13-14,17-18,21-22,29-30H,3-12,15-16H2,1-2H3. The first-order valence-electron chi connectivity index (χ1n) is 13.5. The van der Waals surface area contributed by atoms with Gasteiger partial charge in [0.2, 0.25) is 12.6 Å². The van der Waals surface area contributed by atoms with Crippen molar-refractivity contribution in [2.75, 3.05) is 17.7 Å². The SMILES string of the molecule is Cc1cc(CC(CCI)CCCI)cc2c1OC1OC2Oc2c(C)cc(CC(CCI)CCCI)cc21. The number of aryl methyl sites for hydroxylation is 2. The van der Waals surface area contributed by atoms with Crippen LogP contribution in [0, 0.1) is 25.7 Å². The maximum atomic E-state index is 6.55. The third-order valence-electron chi connectivity index (χ3n) is 7.51. The van der Waals surface area contributed by atoms with E-state index in [1.165, 1.54) is 78.5 Å². The Bertz CT molecular complexity index is 962. The van der Waals surface area contributed by atoms with E-state index in [0.717, 1.165) is 47.3 Å². The third-order valence-corrected chi connectivity index (χ3v) is 10.3. The van der Waals surface area contributed by atoms with Crippen molar-refractivity contribution >= 4 is 90.4 Å². The molecule has 2 aliphatic heterocycles. The first-order chi connectivity index (χ1) is 18.0. The van der Waals surface area contributed by atoms with E-state index in [4.69, 9.17) is 14.2 Å². The number of fused-ring (bicyclic) bond motifs is 6. The van der Waals surface area contributed by atoms with Gasteiger partial charge in [0, 0.05) is 0 Å². The molecular formula is C30H38I4O3. The molecule has 3 nitrogen and oxygen atoms in total. The second-order valence-electron chi connectivity index (χ2n) is 10.5. The summed E-state index contributed by atoms with van der Waals surface area (Å²) >= 11 is 10.0. The smallest absolute Gasteiger partial charge is 0.233 e. The van der Waals surface area contributed by atoms with Crippen LogP contribution in [-0.4, -0.2) is 17.7 Å². The van der Waals surface area contributed by atoms with Gasteiger partial charge in [-0.3, -0.25) is 4.74 Å². The molecule has 0 radical (unpaired) electrons. The summed E-state index contributed by atoms with van der Waals surface area (Å²) in [6, 6.07) is 9.22. The van der Waals surface area contributed by atoms with Gasteiger partial charge in [0.1, 0.15) is 11.5 Å². The van der Waals surface area contributed by atoms with E-state index < -0.39 is 12.6 Å². The fourth-order valence-electron chi connectivity index (χ4n) is 5.72. The van der Waals surface area contributed by atoms with Crippen molar-refractivity contribution < 1.29 is 14.2 Å². The Balaban J connectivity index is 1.56. The first kappa shape index (κ1) is 30.9. The number of halogens is 4. The summed E-state index contributed by atoms with van der Waals surface area (Å²) in [7, 11) is 0. The fraction of sp³-hybridized carbons (Fsp3) is 0.600. The van der Waals surface area contributed by atoms with E-state index in [1.54, 1.807) is 0 Å². The monoisotopic (exact) mass is 954 g/mol. The summed E-state index contributed by atoms with van der Waals surface area (Å²) in [5.74, 6) is 3.34. The Morgan fingerprint density at radius 2 is 1.05 bits per heavy atom. The minimum atomic E-state index is -0.405. The Hall–Kier alpha value is 0.920. The van der Waals surface area contributed by atoms with E-state index in [9.17, 15) is 0 Å². The van der Waals surface area contributed by atoms with Crippen LogP contribution in [0.3, 0.4) is 0 Å². The van der Waals surface area contributed by atoms with Crippen molar-refractivity contribution in [3.05, 3.63) is 57.6 Å². The Morgan fingerprint density at radius 3 is 1.43 bits per heavy atom. The fourth-order valence-corrected chi connectivity index (χ4v) is 8.37. The average molecular weight is 954 g/mol. The largest absolute Gasteiger partial charge is 0.459 e. The van der Waals surface area contributed by atoms with Gasteiger partial charge in [0.25, 0.3) is 0 Å². The van der Waals surface area contributed by atoms with Crippen LogP contribution in [0.5, 0.6) is 11.5 Å². The number of benzene rings is 2. The second kappa shape index (κ2) is 15.2. The summed E-state index contributed by atoms with van der Waals surface area (Å²) in [5.41, 5.74) is 7.22. The van der Waals surface area contributed by atoms with E-state index in [-0.39, 0.29) is 0 Å². The zero-order valence-electron chi connectivity index (χ0n) is 21.8. The van der Waals surface area contributed by atoms with Gasteiger partial charge in [0.15, 0.2) is 0 Å². The first-order valence-corrected chi connectivity index (χ1v) is 19.6. The van der Waals surface area contributed by atoms with E-state index >= 15 is 0 Å². The molecule has 0 aliphatic carbocycles. The van der Waals surface area contributed by atoms with E-state index in [1.807, 2.05) is 0 Å². The molecule has 4 unspecified atom stereocenters. The lowest BCUT2D eigenvalue weighted by atomic mass is 9.89. The Labute approximate surface area is 277 Å². The number of alkyl halides is 4. The van der Waals surface area contributed by atoms with Gasteiger partial charge in [-0.05, 0) is 129 Å². The summed E-state index contributed by atoms with van der Waals surface area (Å²) in [6.45, 7) is 4.34. The van der Waals surface area contributed by atoms with Crippen molar-refractivity contribution in [1.29, 1.82) is 0 Å². The topological polar surface area (TPSA) is 27.7 Å². The summed E-state index contributed by atoms with van der Waals surface area (Å²) in [6.07, 6.45) is 9.13. The Kier molecular flexibility index (Phi) is 12.7. The molecule has 2 heterocycles. The average Bonchev–Trinajstić information content (AvgIpc) is 2.87. The molecule has 4 atom stereocenters. The molecule has 2 aromatic carbocycles.